The number of fused-ring (bicyclic) bond motifs is 2. The van der Waals surface area contributed by atoms with Crippen LogP contribution in [0.25, 0.3) is 10.9 Å². The van der Waals surface area contributed by atoms with Gasteiger partial charge < -0.3 is 10.2 Å². The molecular weight excluding hydrogens is 500 g/mol. The third-order valence-corrected chi connectivity index (χ3v) is 6.96. The monoisotopic (exact) mass is 528 g/mol. The molecular formula is C29H29BrN4O. The zero-order valence-corrected chi connectivity index (χ0v) is 21.2. The Morgan fingerprint density at radius 1 is 0.943 bits per heavy atom. The average molecular weight is 529 g/mol. The van der Waals surface area contributed by atoms with Crippen molar-refractivity contribution >= 4 is 38.4 Å². The molecule has 1 aliphatic rings. The van der Waals surface area contributed by atoms with Crippen molar-refractivity contribution in [3.63, 3.8) is 0 Å². The van der Waals surface area contributed by atoms with Gasteiger partial charge in [0.15, 0.2) is 0 Å². The summed E-state index contributed by atoms with van der Waals surface area (Å²) in [6.07, 6.45) is 2.81. The van der Waals surface area contributed by atoms with E-state index in [9.17, 15) is 4.79 Å². The molecule has 0 unspecified atom stereocenters. The first kappa shape index (κ1) is 23.5. The molecule has 0 atom stereocenters. The lowest BCUT2D eigenvalue weighted by Crippen LogP contribution is -2.38. The maximum Gasteiger partial charge on any atom is 0.254 e. The first-order valence-electron chi connectivity index (χ1n) is 12.1. The molecule has 0 bridgehead atoms. The molecule has 0 aliphatic carbocycles. The molecule has 5 nitrogen and oxygen atoms in total. The third kappa shape index (κ3) is 5.89. The molecule has 0 saturated heterocycles. The molecule has 0 saturated carbocycles. The molecule has 0 fully saturated rings. The summed E-state index contributed by atoms with van der Waals surface area (Å²) in [5.74, 6) is 0.0422. The number of pyridine rings is 1. The van der Waals surface area contributed by atoms with Crippen molar-refractivity contribution in [3.8, 4) is 0 Å². The Balaban J connectivity index is 1.44. The van der Waals surface area contributed by atoms with Crippen LogP contribution in [0.2, 0.25) is 0 Å². The number of anilines is 1. The van der Waals surface area contributed by atoms with Gasteiger partial charge in [-0.3, -0.25) is 14.7 Å². The number of nitrogens with zero attached hydrogens (tertiary/aromatic N) is 3. The van der Waals surface area contributed by atoms with E-state index in [0.717, 1.165) is 59.2 Å². The van der Waals surface area contributed by atoms with E-state index >= 15 is 0 Å². The zero-order chi connectivity index (χ0) is 24.0. The topological polar surface area (TPSA) is 48.5 Å². The lowest BCUT2D eigenvalue weighted by molar-refractivity contribution is 0.0720. The van der Waals surface area contributed by atoms with Gasteiger partial charge >= 0.3 is 0 Å². The van der Waals surface area contributed by atoms with Crippen molar-refractivity contribution in [2.75, 3.05) is 31.5 Å². The van der Waals surface area contributed by atoms with E-state index in [1.54, 1.807) is 6.20 Å². The third-order valence-electron chi connectivity index (χ3n) is 6.47. The van der Waals surface area contributed by atoms with Crippen LogP contribution in [0.1, 0.15) is 27.9 Å². The smallest absolute Gasteiger partial charge is 0.254 e. The highest BCUT2D eigenvalue weighted by atomic mass is 79.9. The zero-order valence-electron chi connectivity index (χ0n) is 19.7. The molecule has 1 N–H and O–H groups in total. The Labute approximate surface area is 214 Å². The summed E-state index contributed by atoms with van der Waals surface area (Å²) in [6, 6.07) is 26.5. The van der Waals surface area contributed by atoms with Crippen LogP contribution < -0.4 is 5.32 Å². The van der Waals surface area contributed by atoms with Crippen LogP contribution in [-0.4, -0.2) is 46.9 Å². The Bertz CT molecular complexity index is 1310. The molecule has 1 amide bonds. The number of carbonyl (C=O) groups excluding carboxylic acids is 1. The number of nitrogens with one attached hydrogen (secondary N) is 1. The minimum atomic E-state index is 0.0422. The van der Waals surface area contributed by atoms with Crippen molar-refractivity contribution in [1.82, 2.24) is 14.8 Å². The number of halogens is 1. The number of rotatable bonds is 3. The molecule has 0 radical (unpaired) electrons. The summed E-state index contributed by atoms with van der Waals surface area (Å²) in [4.78, 5) is 22.6. The van der Waals surface area contributed by atoms with Crippen LogP contribution in [0, 0.1) is 0 Å². The summed E-state index contributed by atoms with van der Waals surface area (Å²) in [6.45, 7) is 4.76. The van der Waals surface area contributed by atoms with Gasteiger partial charge in [-0.05, 0) is 60.0 Å². The Morgan fingerprint density at radius 3 is 2.71 bits per heavy atom. The van der Waals surface area contributed by atoms with Gasteiger partial charge in [0, 0.05) is 66.6 Å². The molecule has 4 aromatic rings. The second-order valence-corrected chi connectivity index (χ2v) is 9.90. The van der Waals surface area contributed by atoms with Gasteiger partial charge in [0.25, 0.3) is 5.91 Å². The predicted molar refractivity (Wildman–Crippen MR) is 145 cm³/mol. The SMILES string of the molecule is O=C(c1ccc2ncccc2c1)N1CCN(Cc2ccccc2)CCCNc2ccc(Br)cc2C1. The van der Waals surface area contributed by atoms with Gasteiger partial charge in [-0.2, -0.15) is 0 Å². The van der Waals surface area contributed by atoms with Crippen molar-refractivity contribution in [3.05, 3.63) is 106 Å². The molecule has 35 heavy (non-hydrogen) atoms. The Kier molecular flexibility index (Phi) is 7.40. The minimum absolute atomic E-state index is 0.0422. The van der Waals surface area contributed by atoms with Gasteiger partial charge in [-0.15, -0.1) is 0 Å². The number of amides is 1. The molecule has 178 valence electrons. The van der Waals surface area contributed by atoms with E-state index in [4.69, 9.17) is 0 Å². The van der Waals surface area contributed by atoms with E-state index < -0.39 is 0 Å². The number of hydrogen-bond donors (Lipinski definition) is 1. The van der Waals surface area contributed by atoms with Gasteiger partial charge in [0.2, 0.25) is 0 Å². The second-order valence-electron chi connectivity index (χ2n) is 8.98. The maximum atomic E-state index is 13.8. The number of carbonyl (C=O) groups is 1. The summed E-state index contributed by atoms with van der Waals surface area (Å²) < 4.78 is 1.02. The highest BCUT2D eigenvalue weighted by Crippen LogP contribution is 2.25. The lowest BCUT2D eigenvalue weighted by atomic mass is 10.1. The van der Waals surface area contributed by atoms with Crippen molar-refractivity contribution < 1.29 is 4.79 Å². The highest BCUT2D eigenvalue weighted by molar-refractivity contribution is 9.10. The van der Waals surface area contributed by atoms with Crippen molar-refractivity contribution in [1.29, 1.82) is 0 Å². The quantitative estimate of drug-likeness (QED) is 0.356. The first-order chi connectivity index (χ1) is 17.2. The maximum absolute atomic E-state index is 13.8. The Morgan fingerprint density at radius 2 is 1.83 bits per heavy atom. The fraction of sp³-hybridized carbons (Fsp3) is 0.241. The fourth-order valence-corrected chi connectivity index (χ4v) is 5.02. The van der Waals surface area contributed by atoms with E-state index in [-0.39, 0.29) is 5.91 Å². The standard InChI is InChI=1S/C29H29BrN4O/c30-26-10-12-28-25(19-26)21-34(29(35)24-9-11-27-23(18-24)8-4-13-31-27)17-16-33(15-5-14-32-28)20-22-6-2-1-3-7-22/h1-4,6-13,18-19,32H,5,14-17,20-21H2. The van der Waals surface area contributed by atoms with Crippen LogP contribution in [0.4, 0.5) is 5.69 Å². The van der Waals surface area contributed by atoms with Crippen LogP contribution >= 0.6 is 15.9 Å². The predicted octanol–water partition coefficient (Wildman–Crippen LogP) is 5.96. The fourth-order valence-electron chi connectivity index (χ4n) is 4.61. The minimum Gasteiger partial charge on any atom is -0.385 e. The molecule has 6 heteroatoms. The van der Waals surface area contributed by atoms with Crippen LogP contribution in [0.15, 0.2) is 89.5 Å². The summed E-state index contributed by atoms with van der Waals surface area (Å²) in [5, 5.41) is 4.58. The molecule has 1 aromatic heterocycles. The largest absolute Gasteiger partial charge is 0.385 e. The normalized spacial score (nSPS) is 15.2. The van der Waals surface area contributed by atoms with E-state index in [2.05, 4.69) is 79.7 Å². The second kappa shape index (κ2) is 11.0. The molecule has 1 aliphatic heterocycles. The molecule has 0 spiro atoms. The van der Waals surface area contributed by atoms with Crippen LogP contribution in [0.5, 0.6) is 0 Å². The van der Waals surface area contributed by atoms with Crippen LogP contribution in [0.3, 0.4) is 0 Å². The number of benzene rings is 3. The summed E-state index contributed by atoms with van der Waals surface area (Å²) in [7, 11) is 0. The lowest BCUT2D eigenvalue weighted by Gasteiger charge is -2.28. The van der Waals surface area contributed by atoms with E-state index in [0.29, 0.717) is 18.7 Å². The van der Waals surface area contributed by atoms with Gasteiger partial charge in [0.1, 0.15) is 0 Å². The molecule has 3 aromatic carbocycles. The number of aromatic nitrogens is 1. The van der Waals surface area contributed by atoms with Crippen molar-refractivity contribution in [2.24, 2.45) is 0 Å². The average Bonchev–Trinajstić information content (AvgIpc) is 2.92. The Hall–Kier alpha value is -3.22. The summed E-state index contributed by atoms with van der Waals surface area (Å²) >= 11 is 3.62. The van der Waals surface area contributed by atoms with Crippen molar-refractivity contribution in [2.45, 2.75) is 19.5 Å². The number of hydrogen-bond acceptors (Lipinski definition) is 4. The molecule has 2 heterocycles. The van der Waals surface area contributed by atoms with E-state index in [1.807, 2.05) is 35.2 Å². The van der Waals surface area contributed by atoms with E-state index in [1.165, 1.54) is 5.56 Å². The van der Waals surface area contributed by atoms with Crippen LogP contribution in [-0.2, 0) is 13.1 Å². The van der Waals surface area contributed by atoms with Gasteiger partial charge in [-0.25, -0.2) is 0 Å². The molecule has 5 rings (SSSR count). The highest BCUT2D eigenvalue weighted by Gasteiger charge is 2.20. The van der Waals surface area contributed by atoms with Gasteiger partial charge in [0.05, 0.1) is 5.52 Å². The first-order valence-corrected chi connectivity index (χ1v) is 12.9. The van der Waals surface area contributed by atoms with Gasteiger partial charge in [-0.1, -0.05) is 52.3 Å². The summed E-state index contributed by atoms with van der Waals surface area (Å²) in [5.41, 5.74) is 5.09.